The molecule has 46 valence electrons. The standard InChI is InChI=1S/C6H11N2/c1-6-5-7-3-4-8(6)2/h7H,1-5H2/q-1. The summed E-state index contributed by atoms with van der Waals surface area (Å²) in [5.41, 5.74) is 1.08. The Morgan fingerprint density at radius 1 is 1.75 bits per heavy atom. The molecule has 0 unspecified atom stereocenters. The summed E-state index contributed by atoms with van der Waals surface area (Å²) in [6.07, 6.45) is 0. The van der Waals surface area contributed by atoms with E-state index in [1.165, 1.54) is 0 Å². The van der Waals surface area contributed by atoms with E-state index in [4.69, 9.17) is 0 Å². The summed E-state index contributed by atoms with van der Waals surface area (Å²) in [5, 5.41) is 3.18. The maximum absolute atomic E-state index is 3.80. The van der Waals surface area contributed by atoms with Crippen LogP contribution in [0.2, 0.25) is 0 Å². The Bertz CT molecular complexity index is 98.7. The first-order valence-corrected chi connectivity index (χ1v) is 2.77. The molecule has 0 aliphatic carbocycles. The molecule has 1 aliphatic heterocycles. The highest BCUT2D eigenvalue weighted by molar-refractivity contribution is 4.99. The zero-order valence-electron chi connectivity index (χ0n) is 4.98. The lowest BCUT2D eigenvalue weighted by molar-refractivity contribution is 0.390. The monoisotopic (exact) mass is 111 g/mol. The van der Waals surface area contributed by atoms with Gasteiger partial charge < -0.3 is 10.2 Å². The fourth-order valence-electron chi connectivity index (χ4n) is 0.717. The SMILES string of the molecule is C=C1CNCCN1[CH2-]. The molecular formula is C6H11N2-. The smallest absolute Gasteiger partial charge is 0.0325 e. The van der Waals surface area contributed by atoms with Gasteiger partial charge in [-0.25, -0.2) is 0 Å². The van der Waals surface area contributed by atoms with Crippen molar-refractivity contribution in [2.45, 2.75) is 0 Å². The largest absolute Gasteiger partial charge is 0.527 e. The van der Waals surface area contributed by atoms with Crippen LogP contribution in [0.1, 0.15) is 0 Å². The second-order valence-corrected chi connectivity index (χ2v) is 2.01. The van der Waals surface area contributed by atoms with Crippen molar-refractivity contribution in [3.05, 3.63) is 19.3 Å². The van der Waals surface area contributed by atoms with E-state index in [9.17, 15) is 0 Å². The van der Waals surface area contributed by atoms with E-state index in [0.717, 1.165) is 25.3 Å². The number of nitrogens with one attached hydrogen (secondary N) is 1. The van der Waals surface area contributed by atoms with Crippen molar-refractivity contribution < 1.29 is 0 Å². The van der Waals surface area contributed by atoms with Crippen molar-refractivity contribution in [3.8, 4) is 0 Å². The van der Waals surface area contributed by atoms with Gasteiger partial charge in [0.05, 0.1) is 0 Å². The van der Waals surface area contributed by atoms with E-state index in [-0.39, 0.29) is 0 Å². The topological polar surface area (TPSA) is 15.3 Å². The molecule has 1 N–H and O–H groups in total. The number of piperazine rings is 1. The molecule has 2 nitrogen and oxygen atoms in total. The maximum Gasteiger partial charge on any atom is 0.0325 e. The van der Waals surface area contributed by atoms with Crippen molar-refractivity contribution >= 4 is 0 Å². The van der Waals surface area contributed by atoms with Gasteiger partial charge in [0.1, 0.15) is 0 Å². The summed E-state index contributed by atoms with van der Waals surface area (Å²) in [5.74, 6) is 0. The zero-order valence-corrected chi connectivity index (χ0v) is 4.98. The van der Waals surface area contributed by atoms with Gasteiger partial charge in [0.2, 0.25) is 0 Å². The molecule has 8 heavy (non-hydrogen) atoms. The fraction of sp³-hybridized carbons (Fsp3) is 0.500. The van der Waals surface area contributed by atoms with Crippen molar-refractivity contribution in [1.29, 1.82) is 0 Å². The van der Waals surface area contributed by atoms with Crippen LogP contribution in [0.3, 0.4) is 0 Å². The molecular weight excluding hydrogens is 100 g/mol. The van der Waals surface area contributed by atoms with Crippen LogP contribution in [0.5, 0.6) is 0 Å². The zero-order chi connectivity index (χ0) is 5.98. The van der Waals surface area contributed by atoms with Crippen molar-refractivity contribution in [2.75, 3.05) is 19.6 Å². The Kier molecular flexibility index (Phi) is 1.53. The minimum atomic E-state index is 0.892. The third kappa shape index (κ3) is 1.01. The van der Waals surface area contributed by atoms with E-state index in [1.807, 2.05) is 4.90 Å². The minimum absolute atomic E-state index is 0.892. The van der Waals surface area contributed by atoms with E-state index in [2.05, 4.69) is 18.9 Å². The molecule has 1 heterocycles. The van der Waals surface area contributed by atoms with Crippen LogP contribution < -0.4 is 5.32 Å². The Labute approximate surface area is 50.2 Å². The van der Waals surface area contributed by atoms with Gasteiger partial charge >= 0.3 is 0 Å². The molecule has 1 fully saturated rings. The average Bonchev–Trinajstić information content (AvgIpc) is 1.77. The molecule has 0 atom stereocenters. The van der Waals surface area contributed by atoms with Crippen molar-refractivity contribution in [3.63, 3.8) is 0 Å². The third-order valence-corrected chi connectivity index (χ3v) is 1.33. The average molecular weight is 111 g/mol. The summed E-state index contributed by atoms with van der Waals surface area (Å²) in [6, 6.07) is 0. The Morgan fingerprint density at radius 3 is 2.88 bits per heavy atom. The van der Waals surface area contributed by atoms with E-state index < -0.39 is 0 Å². The molecule has 1 rings (SSSR count). The van der Waals surface area contributed by atoms with Crippen LogP contribution in [0, 0.1) is 7.05 Å². The molecule has 0 aromatic heterocycles. The second-order valence-electron chi connectivity index (χ2n) is 2.01. The summed E-state index contributed by atoms with van der Waals surface area (Å²) in [6.45, 7) is 6.70. The number of rotatable bonds is 0. The number of hydrogen-bond donors (Lipinski definition) is 1. The molecule has 2 heteroatoms. The fourth-order valence-corrected chi connectivity index (χ4v) is 0.717. The van der Waals surface area contributed by atoms with Gasteiger partial charge in [-0.3, -0.25) is 7.05 Å². The van der Waals surface area contributed by atoms with Crippen LogP contribution in [-0.4, -0.2) is 24.5 Å². The first-order chi connectivity index (χ1) is 3.80. The van der Waals surface area contributed by atoms with Gasteiger partial charge in [-0.1, -0.05) is 6.58 Å². The lowest BCUT2D eigenvalue weighted by Gasteiger charge is -2.34. The Balaban J connectivity index is 2.39. The van der Waals surface area contributed by atoms with Crippen LogP contribution in [0.4, 0.5) is 0 Å². The van der Waals surface area contributed by atoms with Gasteiger partial charge in [-0.15, -0.1) is 0 Å². The van der Waals surface area contributed by atoms with E-state index in [1.54, 1.807) is 0 Å². The van der Waals surface area contributed by atoms with Gasteiger partial charge in [-0.05, 0) is 5.70 Å². The highest BCUT2D eigenvalue weighted by Crippen LogP contribution is 1.99. The highest BCUT2D eigenvalue weighted by Gasteiger charge is 2.00. The Hall–Kier alpha value is -0.500. The lowest BCUT2D eigenvalue weighted by atomic mass is 10.3. The van der Waals surface area contributed by atoms with Gasteiger partial charge in [0.15, 0.2) is 0 Å². The lowest BCUT2D eigenvalue weighted by Crippen LogP contribution is -2.37. The van der Waals surface area contributed by atoms with Gasteiger partial charge in [-0.2, -0.15) is 0 Å². The van der Waals surface area contributed by atoms with Gasteiger partial charge in [0, 0.05) is 19.6 Å². The molecule has 0 radical (unpaired) electrons. The summed E-state index contributed by atoms with van der Waals surface area (Å²) >= 11 is 0. The predicted molar refractivity (Wildman–Crippen MR) is 34.1 cm³/mol. The first kappa shape index (κ1) is 5.63. The molecule has 1 saturated heterocycles. The minimum Gasteiger partial charge on any atom is -0.527 e. The third-order valence-electron chi connectivity index (χ3n) is 1.33. The molecule has 0 aromatic carbocycles. The van der Waals surface area contributed by atoms with Gasteiger partial charge in [0.25, 0.3) is 0 Å². The summed E-state index contributed by atoms with van der Waals surface area (Å²) < 4.78 is 0. The molecule has 0 amide bonds. The summed E-state index contributed by atoms with van der Waals surface area (Å²) in [7, 11) is 3.77. The van der Waals surface area contributed by atoms with Crippen molar-refractivity contribution in [1.82, 2.24) is 10.2 Å². The number of nitrogens with zero attached hydrogens (tertiary/aromatic N) is 1. The predicted octanol–water partition coefficient (Wildman–Crippen LogP) is 0.197. The first-order valence-electron chi connectivity index (χ1n) is 2.77. The molecule has 0 saturated carbocycles. The molecule has 0 spiro atoms. The quantitative estimate of drug-likeness (QED) is 0.449. The van der Waals surface area contributed by atoms with Crippen LogP contribution >= 0.6 is 0 Å². The van der Waals surface area contributed by atoms with E-state index >= 15 is 0 Å². The number of hydrogen-bond acceptors (Lipinski definition) is 2. The van der Waals surface area contributed by atoms with Crippen molar-refractivity contribution in [2.24, 2.45) is 0 Å². The van der Waals surface area contributed by atoms with Crippen LogP contribution in [0.25, 0.3) is 0 Å². The summed E-state index contributed by atoms with van der Waals surface area (Å²) in [4.78, 5) is 1.93. The molecule has 1 aliphatic rings. The van der Waals surface area contributed by atoms with E-state index in [0.29, 0.717) is 0 Å². The maximum atomic E-state index is 3.80. The highest BCUT2D eigenvalue weighted by atomic mass is 15.2. The second kappa shape index (κ2) is 2.18. The van der Waals surface area contributed by atoms with Crippen LogP contribution in [-0.2, 0) is 0 Å². The van der Waals surface area contributed by atoms with Crippen LogP contribution in [0.15, 0.2) is 12.3 Å². The molecule has 0 aromatic rings. The Morgan fingerprint density at radius 2 is 2.50 bits per heavy atom. The molecule has 0 bridgehead atoms. The normalized spacial score (nSPS) is 21.6.